The Morgan fingerprint density at radius 3 is 2.49 bits per heavy atom. The van der Waals surface area contributed by atoms with Gasteiger partial charge in [0.15, 0.2) is 11.8 Å². The summed E-state index contributed by atoms with van der Waals surface area (Å²) in [6.07, 6.45) is 5.94. The van der Waals surface area contributed by atoms with Crippen molar-refractivity contribution in [3.63, 3.8) is 0 Å². The number of unbranched alkanes of at least 4 members (excludes halogenated alkanes) is 2. The van der Waals surface area contributed by atoms with E-state index in [0.717, 1.165) is 35.9 Å². The van der Waals surface area contributed by atoms with E-state index >= 15 is 0 Å². The Kier molecular flexibility index (Phi) is 9.90. The van der Waals surface area contributed by atoms with Crippen molar-refractivity contribution in [2.24, 2.45) is 21.2 Å². The molecule has 41 heavy (non-hydrogen) atoms. The quantitative estimate of drug-likeness (QED) is 0.129. The molecule has 3 aromatic carbocycles. The molecule has 1 aliphatic heterocycles. The van der Waals surface area contributed by atoms with E-state index in [0.29, 0.717) is 22.9 Å². The number of rotatable bonds is 12. The minimum Gasteiger partial charge on any atom is -0.455 e. The molecule has 1 atom stereocenters. The van der Waals surface area contributed by atoms with Gasteiger partial charge in [0.05, 0.1) is 21.3 Å². The highest BCUT2D eigenvalue weighted by Crippen LogP contribution is 2.34. The first-order chi connectivity index (χ1) is 19.5. The summed E-state index contributed by atoms with van der Waals surface area (Å²) in [6, 6.07) is 17.5. The number of amides is 1. The number of carbonyl (C=O) groups excluding carboxylic acids is 1. The molecule has 1 aliphatic rings. The van der Waals surface area contributed by atoms with Crippen LogP contribution >= 0.6 is 11.6 Å². The Balaban J connectivity index is 1.43. The lowest BCUT2D eigenvalue weighted by atomic mass is 10.0. The molecule has 216 valence electrons. The zero-order chi connectivity index (χ0) is 29.6. The molecule has 3 aromatic rings. The molecule has 0 fully saturated rings. The molecule has 1 amide bonds. The molecule has 0 aliphatic carbocycles. The number of aryl methyl sites for hydroxylation is 1. The lowest BCUT2D eigenvalue weighted by Crippen LogP contribution is -2.30. The van der Waals surface area contributed by atoms with Crippen LogP contribution in [0, 0.1) is 5.92 Å². The van der Waals surface area contributed by atoms with Gasteiger partial charge in [0.2, 0.25) is 0 Å². The van der Waals surface area contributed by atoms with Crippen LogP contribution < -0.4 is 9.75 Å². The number of carbonyl (C=O) groups is 1. The average Bonchev–Trinajstić information content (AvgIpc) is 3.21. The lowest BCUT2D eigenvalue weighted by Gasteiger charge is -2.15. The van der Waals surface area contributed by atoms with E-state index in [2.05, 4.69) is 41.3 Å². The number of benzene rings is 3. The van der Waals surface area contributed by atoms with Gasteiger partial charge in [0.1, 0.15) is 11.4 Å². The number of nitrogens with zero attached hydrogens (tertiary/aromatic N) is 4. The van der Waals surface area contributed by atoms with Gasteiger partial charge in [-0.05, 0) is 73.7 Å². The number of hydrogen-bond donors (Lipinski definition) is 1. The number of ether oxygens (including phenoxy) is 1. The molecule has 0 saturated heterocycles. The molecule has 1 unspecified atom stereocenters. The van der Waals surface area contributed by atoms with Crippen LogP contribution in [0.15, 0.2) is 87.0 Å². The third kappa shape index (κ3) is 8.00. The first-order valence-corrected chi connectivity index (χ1v) is 15.3. The Morgan fingerprint density at radius 1 is 1.05 bits per heavy atom. The molecular weight excluding hydrogens is 564 g/mol. The van der Waals surface area contributed by atoms with E-state index < -0.39 is 27.0 Å². The van der Waals surface area contributed by atoms with Crippen LogP contribution in [-0.2, 0) is 21.3 Å². The smallest absolute Gasteiger partial charge is 0.294 e. The van der Waals surface area contributed by atoms with Crippen LogP contribution in [0.4, 0.5) is 11.4 Å². The third-order valence-corrected chi connectivity index (χ3v) is 7.75. The van der Waals surface area contributed by atoms with Gasteiger partial charge in [-0.15, -0.1) is 0 Å². The molecule has 1 heterocycles. The maximum absolute atomic E-state index is 13.2. The van der Waals surface area contributed by atoms with E-state index in [1.165, 1.54) is 30.9 Å². The molecule has 0 bridgehead atoms. The van der Waals surface area contributed by atoms with Gasteiger partial charge in [-0.1, -0.05) is 69.0 Å². The van der Waals surface area contributed by atoms with Crippen LogP contribution in [0.3, 0.4) is 0 Å². The number of para-hydroxylation sites is 1. The second-order valence-corrected chi connectivity index (χ2v) is 12.1. The van der Waals surface area contributed by atoms with Crippen LogP contribution in [0.1, 0.15) is 52.0 Å². The molecule has 0 aromatic heterocycles. The summed E-state index contributed by atoms with van der Waals surface area (Å²) in [5.74, 6) is 1.31. The van der Waals surface area contributed by atoms with E-state index in [1.54, 1.807) is 25.1 Å². The highest BCUT2D eigenvalue weighted by molar-refractivity contribution is 7.85. The summed E-state index contributed by atoms with van der Waals surface area (Å²) in [5, 5.41) is 13.8. The van der Waals surface area contributed by atoms with Crippen molar-refractivity contribution in [2.75, 3.05) is 5.01 Å². The highest BCUT2D eigenvalue weighted by atomic mass is 35.5. The standard InChI is InChI=1S/C30H33ClN4O5S/c1-20(2)9-5-4-6-10-22-13-15-23(16-14-22)40-28-12-8-7-11-26(28)32-33-29-21(3)34-35(30(29)36)27-19-24(41(37,38)39)17-18-25(27)31/h7-8,11-20,29H,4-6,9-10H2,1-3H3,(H,37,38,39). The maximum Gasteiger partial charge on any atom is 0.294 e. The van der Waals surface area contributed by atoms with Crippen LogP contribution in [-0.4, -0.2) is 30.6 Å². The summed E-state index contributed by atoms with van der Waals surface area (Å²) in [6.45, 7) is 6.12. The van der Waals surface area contributed by atoms with E-state index in [1.807, 2.05) is 18.2 Å². The van der Waals surface area contributed by atoms with Gasteiger partial charge in [-0.2, -0.15) is 28.8 Å². The van der Waals surface area contributed by atoms with Gasteiger partial charge in [0.25, 0.3) is 16.0 Å². The van der Waals surface area contributed by atoms with Crippen molar-refractivity contribution >= 4 is 44.7 Å². The Bertz CT molecular complexity index is 1560. The second-order valence-electron chi connectivity index (χ2n) is 10.3. The average molecular weight is 597 g/mol. The second kappa shape index (κ2) is 13.4. The molecular formula is C30H33ClN4O5S. The SMILES string of the molecule is CC1=NN(c2cc(S(=O)(=O)O)ccc2Cl)C(=O)C1N=Nc1ccccc1Oc1ccc(CCCCCC(C)C)cc1. The number of halogens is 1. The van der Waals surface area contributed by atoms with Crippen molar-refractivity contribution in [1.29, 1.82) is 0 Å². The topological polar surface area (TPSA) is 121 Å². The van der Waals surface area contributed by atoms with E-state index in [-0.39, 0.29) is 10.7 Å². The minimum absolute atomic E-state index is 0.00609. The van der Waals surface area contributed by atoms with Gasteiger partial charge in [-0.25, -0.2) is 0 Å². The Morgan fingerprint density at radius 2 is 1.78 bits per heavy atom. The zero-order valence-corrected chi connectivity index (χ0v) is 24.8. The van der Waals surface area contributed by atoms with Crippen molar-refractivity contribution < 1.29 is 22.5 Å². The summed E-state index contributed by atoms with van der Waals surface area (Å²) < 4.78 is 38.6. The van der Waals surface area contributed by atoms with E-state index in [9.17, 15) is 17.8 Å². The number of hydrogen-bond acceptors (Lipinski definition) is 7. The molecule has 0 saturated carbocycles. The van der Waals surface area contributed by atoms with Crippen LogP contribution in [0.5, 0.6) is 11.5 Å². The van der Waals surface area contributed by atoms with Crippen molar-refractivity contribution in [2.45, 2.75) is 63.8 Å². The summed E-state index contributed by atoms with van der Waals surface area (Å²) in [4.78, 5) is 12.7. The fourth-order valence-corrected chi connectivity index (χ4v) is 5.03. The summed E-state index contributed by atoms with van der Waals surface area (Å²) in [7, 11) is -4.51. The predicted octanol–water partition coefficient (Wildman–Crippen LogP) is 8.01. The van der Waals surface area contributed by atoms with Crippen LogP contribution in [0.25, 0.3) is 0 Å². The van der Waals surface area contributed by atoms with Crippen molar-refractivity contribution in [3.8, 4) is 11.5 Å². The largest absolute Gasteiger partial charge is 0.455 e. The van der Waals surface area contributed by atoms with E-state index in [4.69, 9.17) is 16.3 Å². The molecule has 11 heteroatoms. The van der Waals surface area contributed by atoms with Gasteiger partial charge >= 0.3 is 0 Å². The number of anilines is 1. The molecule has 1 N–H and O–H groups in total. The Labute approximate surface area is 245 Å². The molecule has 0 spiro atoms. The van der Waals surface area contributed by atoms with Crippen molar-refractivity contribution in [3.05, 3.63) is 77.3 Å². The third-order valence-electron chi connectivity index (χ3n) is 6.58. The molecule has 4 rings (SSSR count). The molecule has 9 nitrogen and oxygen atoms in total. The lowest BCUT2D eigenvalue weighted by molar-refractivity contribution is -0.117. The van der Waals surface area contributed by atoms with Gasteiger partial charge < -0.3 is 4.74 Å². The van der Waals surface area contributed by atoms with Gasteiger partial charge in [-0.3, -0.25) is 9.35 Å². The molecule has 0 radical (unpaired) electrons. The van der Waals surface area contributed by atoms with Crippen molar-refractivity contribution in [1.82, 2.24) is 0 Å². The predicted molar refractivity (Wildman–Crippen MR) is 160 cm³/mol. The minimum atomic E-state index is -4.51. The highest BCUT2D eigenvalue weighted by Gasteiger charge is 2.36. The normalized spacial score (nSPS) is 15.7. The number of azo groups is 1. The number of hydrazone groups is 1. The van der Waals surface area contributed by atoms with Crippen LogP contribution in [0.2, 0.25) is 5.02 Å². The first kappa shape index (κ1) is 30.4. The summed E-state index contributed by atoms with van der Waals surface area (Å²) >= 11 is 6.21. The Hall–Kier alpha value is -3.60. The monoisotopic (exact) mass is 596 g/mol. The fraction of sp³-hybridized carbons (Fsp3) is 0.333. The summed E-state index contributed by atoms with van der Waals surface area (Å²) in [5.41, 5.74) is 2.03. The first-order valence-electron chi connectivity index (χ1n) is 13.5. The zero-order valence-electron chi connectivity index (χ0n) is 23.2. The maximum atomic E-state index is 13.2. The van der Waals surface area contributed by atoms with Gasteiger partial charge in [0, 0.05) is 0 Å². The fourth-order valence-electron chi connectivity index (χ4n) is 4.33.